The summed E-state index contributed by atoms with van der Waals surface area (Å²) in [5.74, 6) is 1.10. The second-order valence-electron chi connectivity index (χ2n) is 7.08. The number of aryl methyl sites for hydroxylation is 2. The molecular weight excluding hydrogens is 340 g/mol. The zero-order valence-electron chi connectivity index (χ0n) is 16.3. The van der Waals surface area contributed by atoms with Crippen LogP contribution in [0.4, 0.5) is 0 Å². The highest BCUT2D eigenvalue weighted by atomic mass is 16.5. The van der Waals surface area contributed by atoms with Crippen LogP contribution in [0.2, 0.25) is 0 Å². The quantitative estimate of drug-likeness (QED) is 0.637. The summed E-state index contributed by atoms with van der Waals surface area (Å²) in [6.45, 7) is 9.59. The largest absolute Gasteiger partial charge is 0.477 e. The fraction of sp³-hybridized carbons (Fsp3) is 0.381. The first kappa shape index (κ1) is 18.9. The van der Waals surface area contributed by atoms with E-state index in [-0.39, 0.29) is 5.56 Å². The molecule has 0 atom stereocenters. The van der Waals surface area contributed by atoms with Crippen molar-refractivity contribution in [3.05, 3.63) is 58.9 Å². The average molecular weight is 366 g/mol. The fourth-order valence-corrected chi connectivity index (χ4v) is 2.85. The minimum atomic E-state index is 0.00464. The van der Waals surface area contributed by atoms with Crippen LogP contribution < -0.4 is 10.3 Å². The van der Waals surface area contributed by atoms with Crippen molar-refractivity contribution >= 4 is 0 Å². The molecule has 0 saturated heterocycles. The zero-order chi connectivity index (χ0) is 19.4. The van der Waals surface area contributed by atoms with Gasteiger partial charge in [-0.2, -0.15) is 5.10 Å². The Labute approximate surface area is 159 Å². The molecule has 3 aromatic heterocycles. The van der Waals surface area contributed by atoms with Crippen LogP contribution >= 0.6 is 0 Å². The Hall–Kier alpha value is -2.89. The molecule has 0 aliphatic carbocycles. The molecule has 0 fully saturated rings. The van der Waals surface area contributed by atoms with E-state index in [4.69, 9.17) is 4.74 Å². The van der Waals surface area contributed by atoms with Gasteiger partial charge in [-0.05, 0) is 31.4 Å². The Morgan fingerprint density at radius 1 is 1.15 bits per heavy atom. The third-order valence-electron chi connectivity index (χ3n) is 4.22. The second-order valence-corrected chi connectivity index (χ2v) is 7.08. The monoisotopic (exact) mass is 366 g/mol. The van der Waals surface area contributed by atoms with Crippen molar-refractivity contribution < 1.29 is 4.74 Å². The lowest BCUT2D eigenvalue weighted by Gasteiger charge is -2.10. The maximum Gasteiger partial charge on any atom is 0.250 e. The van der Waals surface area contributed by atoms with Crippen molar-refractivity contribution in [2.45, 2.75) is 40.7 Å². The van der Waals surface area contributed by atoms with Crippen LogP contribution in [0.3, 0.4) is 0 Å². The third kappa shape index (κ3) is 4.45. The molecule has 0 amide bonds. The summed E-state index contributed by atoms with van der Waals surface area (Å²) < 4.78 is 9.19. The Balaban J connectivity index is 1.85. The van der Waals surface area contributed by atoms with Crippen LogP contribution in [0.25, 0.3) is 16.8 Å². The normalized spacial score (nSPS) is 11.1. The molecule has 0 spiro atoms. The molecule has 6 nitrogen and oxygen atoms in total. The van der Waals surface area contributed by atoms with Gasteiger partial charge in [-0.25, -0.2) is 9.67 Å². The topological polar surface area (TPSA) is 61.9 Å². The Kier molecular flexibility index (Phi) is 5.74. The maximum atomic E-state index is 11.9. The van der Waals surface area contributed by atoms with E-state index in [0.717, 1.165) is 28.9 Å². The SMILES string of the molecule is CCCn1cc(-n2cc(-c3ccc(OCC(C)C)nc3C)cn2)ccc1=O. The Bertz CT molecular complexity index is 972. The van der Waals surface area contributed by atoms with Gasteiger partial charge in [-0.3, -0.25) is 4.79 Å². The van der Waals surface area contributed by atoms with E-state index in [0.29, 0.717) is 24.9 Å². The molecule has 0 radical (unpaired) electrons. The molecule has 0 N–H and O–H groups in total. The predicted molar refractivity (Wildman–Crippen MR) is 106 cm³/mol. The van der Waals surface area contributed by atoms with Crippen LogP contribution in [0, 0.1) is 12.8 Å². The third-order valence-corrected chi connectivity index (χ3v) is 4.22. The summed E-state index contributed by atoms with van der Waals surface area (Å²) in [4.78, 5) is 16.5. The molecule has 0 aliphatic heterocycles. The van der Waals surface area contributed by atoms with Crippen LogP contribution in [-0.4, -0.2) is 25.9 Å². The number of pyridine rings is 2. The van der Waals surface area contributed by atoms with Gasteiger partial charge in [0.05, 0.1) is 18.5 Å². The molecular formula is C21H26N4O2. The minimum Gasteiger partial charge on any atom is -0.477 e. The average Bonchev–Trinajstić information content (AvgIpc) is 3.12. The fourth-order valence-electron chi connectivity index (χ4n) is 2.85. The van der Waals surface area contributed by atoms with Gasteiger partial charge < -0.3 is 9.30 Å². The summed E-state index contributed by atoms with van der Waals surface area (Å²) in [6, 6.07) is 7.28. The van der Waals surface area contributed by atoms with E-state index in [1.165, 1.54) is 0 Å². The standard InChI is InChI=1S/C21H26N4O2/c1-5-10-24-13-18(6-9-21(24)26)25-12-17(11-22-25)19-7-8-20(23-16(19)4)27-14-15(2)3/h6-9,11-13,15H,5,10,14H2,1-4H3. The molecule has 142 valence electrons. The van der Waals surface area contributed by atoms with E-state index in [9.17, 15) is 4.79 Å². The molecule has 0 aromatic carbocycles. The van der Waals surface area contributed by atoms with Gasteiger partial charge in [0.25, 0.3) is 5.56 Å². The highest BCUT2D eigenvalue weighted by Gasteiger charge is 2.10. The Morgan fingerprint density at radius 3 is 2.67 bits per heavy atom. The van der Waals surface area contributed by atoms with Gasteiger partial charge in [0.2, 0.25) is 5.88 Å². The Morgan fingerprint density at radius 2 is 1.96 bits per heavy atom. The molecule has 0 aliphatic rings. The van der Waals surface area contributed by atoms with E-state index in [1.807, 2.05) is 37.6 Å². The predicted octanol–water partition coefficient (Wildman–Crippen LogP) is 3.85. The van der Waals surface area contributed by atoms with Crippen LogP contribution in [-0.2, 0) is 6.54 Å². The smallest absolute Gasteiger partial charge is 0.250 e. The lowest BCUT2D eigenvalue weighted by molar-refractivity contribution is 0.261. The van der Waals surface area contributed by atoms with Crippen molar-refractivity contribution in [3.63, 3.8) is 0 Å². The summed E-state index contributed by atoms with van der Waals surface area (Å²) >= 11 is 0. The van der Waals surface area contributed by atoms with Crippen molar-refractivity contribution in [1.82, 2.24) is 19.3 Å². The van der Waals surface area contributed by atoms with Gasteiger partial charge in [0.1, 0.15) is 0 Å². The molecule has 0 bridgehead atoms. The first-order valence-corrected chi connectivity index (χ1v) is 9.34. The molecule has 6 heteroatoms. The molecule has 0 saturated carbocycles. The van der Waals surface area contributed by atoms with Gasteiger partial charge in [0.15, 0.2) is 0 Å². The van der Waals surface area contributed by atoms with E-state index >= 15 is 0 Å². The maximum absolute atomic E-state index is 11.9. The lowest BCUT2D eigenvalue weighted by Crippen LogP contribution is -2.19. The van der Waals surface area contributed by atoms with E-state index in [2.05, 4.69) is 30.9 Å². The molecule has 3 rings (SSSR count). The van der Waals surface area contributed by atoms with Crippen LogP contribution in [0.5, 0.6) is 5.88 Å². The molecule has 0 unspecified atom stereocenters. The number of hydrogen-bond donors (Lipinski definition) is 0. The molecule has 3 aromatic rings. The number of ether oxygens (including phenoxy) is 1. The number of aromatic nitrogens is 4. The van der Waals surface area contributed by atoms with Gasteiger partial charge in [-0.15, -0.1) is 0 Å². The van der Waals surface area contributed by atoms with E-state index in [1.54, 1.807) is 21.4 Å². The summed E-state index contributed by atoms with van der Waals surface area (Å²) in [6.07, 6.45) is 6.52. The summed E-state index contributed by atoms with van der Waals surface area (Å²) in [7, 11) is 0. The highest BCUT2D eigenvalue weighted by Crippen LogP contribution is 2.25. The second kappa shape index (κ2) is 8.20. The van der Waals surface area contributed by atoms with Crippen molar-refractivity contribution in [2.24, 2.45) is 5.92 Å². The lowest BCUT2D eigenvalue weighted by atomic mass is 10.1. The van der Waals surface area contributed by atoms with Crippen LogP contribution in [0.1, 0.15) is 32.9 Å². The first-order chi connectivity index (χ1) is 13.0. The molecule has 3 heterocycles. The van der Waals surface area contributed by atoms with Gasteiger partial charge in [-0.1, -0.05) is 20.8 Å². The van der Waals surface area contributed by atoms with Crippen molar-refractivity contribution in [1.29, 1.82) is 0 Å². The summed E-state index contributed by atoms with van der Waals surface area (Å²) in [5.41, 5.74) is 3.75. The van der Waals surface area contributed by atoms with Crippen molar-refractivity contribution in [3.8, 4) is 22.7 Å². The van der Waals surface area contributed by atoms with Gasteiger partial charge in [0, 0.05) is 47.9 Å². The molecule has 27 heavy (non-hydrogen) atoms. The first-order valence-electron chi connectivity index (χ1n) is 9.34. The van der Waals surface area contributed by atoms with Crippen LogP contribution in [0.15, 0.2) is 47.7 Å². The van der Waals surface area contributed by atoms with E-state index < -0.39 is 0 Å². The summed E-state index contributed by atoms with van der Waals surface area (Å²) in [5, 5.41) is 4.46. The van der Waals surface area contributed by atoms with Crippen molar-refractivity contribution in [2.75, 3.05) is 6.61 Å². The zero-order valence-corrected chi connectivity index (χ0v) is 16.3. The number of nitrogens with zero attached hydrogens (tertiary/aromatic N) is 4. The van der Waals surface area contributed by atoms with Gasteiger partial charge >= 0.3 is 0 Å². The minimum absolute atomic E-state index is 0.00464. The highest BCUT2D eigenvalue weighted by molar-refractivity contribution is 5.65. The number of hydrogen-bond acceptors (Lipinski definition) is 4. The number of rotatable bonds is 7.